The van der Waals surface area contributed by atoms with Gasteiger partial charge in [-0.15, -0.1) is 0 Å². The standard InChI is InChI=1S/C11H24N2O3/c1-5-16-10(3)6-12-7-11(14)13-9(2)8-15-4/h9-10,12H,5-8H2,1-4H3,(H,13,14). The summed E-state index contributed by atoms with van der Waals surface area (Å²) in [5, 5.41) is 5.86. The van der Waals surface area contributed by atoms with Crippen LogP contribution in [0.2, 0.25) is 0 Å². The molecule has 0 radical (unpaired) electrons. The molecule has 0 aliphatic rings. The molecule has 2 atom stereocenters. The van der Waals surface area contributed by atoms with E-state index in [0.29, 0.717) is 26.3 Å². The van der Waals surface area contributed by atoms with E-state index in [1.807, 2.05) is 20.8 Å². The van der Waals surface area contributed by atoms with Gasteiger partial charge in [-0.3, -0.25) is 4.79 Å². The first-order valence-electron chi connectivity index (χ1n) is 5.70. The van der Waals surface area contributed by atoms with Crippen LogP contribution in [0.15, 0.2) is 0 Å². The van der Waals surface area contributed by atoms with Crippen LogP contribution in [0.5, 0.6) is 0 Å². The Labute approximate surface area is 97.9 Å². The van der Waals surface area contributed by atoms with Crippen molar-refractivity contribution in [2.24, 2.45) is 0 Å². The summed E-state index contributed by atoms with van der Waals surface area (Å²) in [4.78, 5) is 11.4. The lowest BCUT2D eigenvalue weighted by Crippen LogP contribution is -2.42. The monoisotopic (exact) mass is 232 g/mol. The second-order valence-electron chi connectivity index (χ2n) is 3.82. The average molecular weight is 232 g/mol. The van der Waals surface area contributed by atoms with Crippen LogP contribution in [0.4, 0.5) is 0 Å². The molecule has 1 amide bonds. The highest BCUT2D eigenvalue weighted by Crippen LogP contribution is 1.87. The van der Waals surface area contributed by atoms with E-state index in [-0.39, 0.29) is 18.1 Å². The van der Waals surface area contributed by atoms with Crippen molar-refractivity contribution >= 4 is 5.91 Å². The van der Waals surface area contributed by atoms with Crippen LogP contribution < -0.4 is 10.6 Å². The molecular weight excluding hydrogens is 208 g/mol. The Bertz CT molecular complexity index is 188. The third kappa shape index (κ3) is 8.64. The van der Waals surface area contributed by atoms with Crippen LogP contribution in [0.25, 0.3) is 0 Å². The maximum atomic E-state index is 11.4. The molecule has 0 fully saturated rings. The summed E-state index contributed by atoms with van der Waals surface area (Å²) in [6.07, 6.45) is 0.134. The second-order valence-corrected chi connectivity index (χ2v) is 3.82. The van der Waals surface area contributed by atoms with Crippen molar-refractivity contribution in [2.75, 3.05) is 33.4 Å². The van der Waals surface area contributed by atoms with Crippen molar-refractivity contribution < 1.29 is 14.3 Å². The molecule has 16 heavy (non-hydrogen) atoms. The molecule has 2 unspecified atom stereocenters. The van der Waals surface area contributed by atoms with Crippen LogP contribution in [0.3, 0.4) is 0 Å². The predicted molar refractivity (Wildman–Crippen MR) is 63.4 cm³/mol. The maximum Gasteiger partial charge on any atom is 0.234 e. The lowest BCUT2D eigenvalue weighted by molar-refractivity contribution is -0.121. The van der Waals surface area contributed by atoms with E-state index in [9.17, 15) is 4.79 Å². The zero-order chi connectivity index (χ0) is 12.4. The fraction of sp³-hybridized carbons (Fsp3) is 0.909. The van der Waals surface area contributed by atoms with Crippen LogP contribution in [0, 0.1) is 0 Å². The Morgan fingerprint density at radius 1 is 1.38 bits per heavy atom. The Kier molecular flexibility index (Phi) is 9.18. The molecular formula is C11H24N2O3. The Hall–Kier alpha value is -0.650. The van der Waals surface area contributed by atoms with Crippen molar-refractivity contribution in [1.29, 1.82) is 0 Å². The summed E-state index contributed by atoms with van der Waals surface area (Å²) in [6, 6.07) is 0.0450. The Morgan fingerprint density at radius 2 is 2.06 bits per heavy atom. The number of carbonyl (C=O) groups excluding carboxylic acids is 1. The van der Waals surface area contributed by atoms with Gasteiger partial charge in [0.1, 0.15) is 0 Å². The van der Waals surface area contributed by atoms with Gasteiger partial charge in [0.15, 0.2) is 0 Å². The van der Waals surface area contributed by atoms with Crippen molar-refractivity contribution in [3.05, 3.63) is 0 Å². The normalized spacial score (nSPS) is 14.5. The van der Waals surface area contributed by atoms with E-state index in [0.717, 1.165) is 0 Å². The van der Waals surface area contributed by atoms with Gasteiger partial charge in [0.2, 0.25) is 5.91 Å². The molecule has 5 nitrogen and oxygen atoms in total. The molecule has 0 aromatic rings. The van der Waals surface area contributed by atoms with Gasteiger partial charge in [0.05, 0.1) is 19.3 Å². The maximum absolute atomic E-state index is 11.4. The number of carbonyl (C=O) groups is 1. The van der Waals surface area contributed by atoms with Gasteiger partial charge < -0.3 is 20.1 Å². The van der Waals surface area contributed by atoms with Gasteiger partial charge in [-0.25, -0.2) is 0 Å². The number of hydrogen-bond acceptors (Lipinski definition) is 4. The summed E-state index contributed by atoms with van der Waals surface area (Å²) < 4.78 is 10.3. The van der Waals surface area contributed by atoms with E-state index < -0.39 is 0 Å². The molecule has 5 heteroatoms. The fourth-order valence-corrected chi connectivity index (χ4v) is 1.35. The van der Waals surface area contributed by atoms with E-state index in [1.54, 1.807) is 7.11 Å². The van der Waals surface area contributed by atoms with Crippen LogP contribution in [-0.2, 0) is 14.3 Å². The van der Waals surface area contributed by atoms with Gasteiger partial charge in [0, 0.05) is 26.3 Å². The Morgan fingerprint density at radius 3 is 2.62 bits per heavy atom. The number of nitrogens with one attached hydrogen (secondary N) is 2. The van der Waals surface area contributed by atoms with Gasteiger partial charge in [0.25, 0.3) is 0 Å². The van der Waals surface area contributed by atoms with Gasteiger partial charge in [-0.1, -0.05) is 0 Å². The molecule has 96 valence electrons. The van der Waals surface area contributed by atoms with Gasteiger partial charge in [-0.2, -0.15) is 0 Å². The number of hydrogen-bond donors (Lipinski definition) is 2. The highest BCUT2D eigenvalue weighted by atomic mass is 16.5. The molecule has 2 N–H and O–H groups in total. The molecule has 0 saturated carbocycles. The molecule has 0 rings (SSSR count). The van der Waals surface area contributed by atoms with Crippen molar-refractivity contribution in [3.8, 4) is 0 Å². The van der Waals surface area contributed by atoms with E-state index in [2.05, 4.69) is 10.6 Å². The molecule has 0 spiro atoms. The van der Waals surface area contributed by atoms with E-state index in [1.165, 1.54) is 0 Å². The van der Waals surface area contributed by atoms with Crippen molar-refractivity contribution in [3.63, 3.8) is 0 Å². The summed E-state index contributed by atoms with van der Waals surface area (Å²) in [7, 11) is 1.62. The fourth-order valence-electron chi connectivity index (χ4n) is 1.35. The smallest absolute Gasteiger partial charge is 0.234 e. The average Bonchev–Trinajstić information content (AvgIpc) is 2.18. The van der Waals surface area contributed by atoms with Gasteiger partial charge in [-0.05, 0) is 20.8 Å². The first kappa shape index (κ1) is 15.3. The lowest BCUT2D eigenvalue weighted by Gasteiger charge is -2.15. The number of methoxy groups -OCH3 is 1. The third-order valence-corrected chi connectivity index (χ3v) is 1.99. The summed E-state index contributed by atoms with van der Waals surface area (Å²) >= 11 is 0. The van der Waals surface area contributed by atoms with Gasteiger partial charge >= 0.3 is 0 Å². The predicted octanol–water partition coefficient (Wildman–Crippen LogP) is 0.152. The lowest BCUT2D eigenvalue weighted by atomic mass is 10.3. The summed E-state index contributed by atoms with van der Waals surface area (Å²) in [5.74, 6) is -0.0201. The van der Waals surface area contributed by atoms with Crippen LogP contribution >= 0.6 is 0 Å². The SMILES string of the molecule is CCOC(C)CNCC(=O)NC(C)COC. The summed E-state index contributed by atoms with van der Waals surface area (Å²) in [6.45, 7) is 8.05. The molecule has 0 aliphatic carbocycles. The minimum atomic E-state index is -0.0201. The number of rotatable bonds is 9. The first-order valence-corrected chi connectivity index (χ1v) is 5.70. The molecule has 0 aromatic heterocycles. The zero-order valence-corrected chi connectivity index (χ0v) is 10.7. The zero-order valence-electron chi connectivity index (χ0n) is 10.7. The highest BCUT2D eigenvalue weighted by Gasteiger charge is 2.07. The minimum Gasteiger partial charge on any atom is -0.383 e. The number of ether oxygens (including phenoxy) is 2. The number of amides is 1. The molecule has 0 aliphatic heterocycles. The minimum absolute atomic E-state index is 0.0201. The van der Waals surface area contributed by atoms with E-state index >= 15 is 0 Å². The van der Waals surface area contributed by atoms with Crippen LogP contribution in [0.1, 0.15) is 20.8 Å². The Balaban J connectivity index is 3.50. The largest absolute Gasteiger partial charge is 0.383 e. The topological polar surface area (TPSA) is 59.6 Å². The van der Waals surface area contributed by atoms with E-state index in [4.69, 9.17) is 9.47 Å². The molecule has 0 heterocycles. The molecule has 0 bridgehead atoms. The summed E-state index contributed by atoms with van der Waals surface area (Å²) in [5.41, 5.74) is 0. The highest BCUT2D eigenvalue weighted by molar-refractivity contribution is 5.78. The van der Waals surface area contributed by atoms with Crippen LogP contribution in [-0.4, -0.2) is 51.5 Å². The third-order valence-electron chi connectivity index (χ3n) is 1.99. The first-order chi connectivity index (χ1) is 7.60. The second kappa shape index (κ2) is 9.57. The van der Waals surface area contributed by atoms with Crippen molar-refractivity contribution in [1.82, 2.24) is 10.6 Å². The quantitative estimate of drug-likeness (QED) is 0.594. The molecule has 0 saturated heterocycles. The molecule has 0 aromatic carbocycles. The van der Waals surface area contributed by atoms with Crippen molar-refractivity contribution in [2.45, 2.75) is 32.9 Å².